The Morgan fingerprint density at radius 1 is 0.952 bits per heavy atom. The summed E-state index contributed by atoms with van der Waals surface area (Å²) >= 11 is 0. The molecule has 1 saturated carbocycles. The fraction of sp³-hybridized carbons (Fsp3) is 0.235. The third kappa shape index (κ3) is 2.57. The molecular formula is C17H16N4. The number of pyridine rings is 1. The molecule has 104 valence electrons. The maximum absolute atomic E-state index is 5.90. The summed E-state index contributed by atoms with van der Waals surface area (Å²) in [5, 5.41) is 1.15. The number of aromatic nitrogens is 3. The zero-order valence-electron chi connectivity index (χ0n) is 11.7. The minimum atomic E-state index is 0.511. The van der Waals surface area contributed by atoms with Crippen molar-refractivity contribution >= 4 is 16.7 Å². The molecule has 1 aliphatic carbocycles. The molecule has 2 N–H and O–H groups in total. The summed E-state index contributed by atoms with van der Waals surface area (Å²) in [6.07, 6.45) is 3.05. The van der Waals surface area contributed by atoms with Crippen LogP contribution >= 0.6 is 0 Å². The van der Waals surface area contributed by atoms with Crippen LogP contribution in [0.3, 0.4) is 0 Å². The van der Waals surface area contributed by atoms with Crippen molar-refractivity contribution in [3.8, 4) is 0 Å². The Hall–Kier alpha value is -2.49. The highest BCUT2D eigenvalue weighted by molar-refractivity contribution is 5.78. The second kappa shape index (κ2) is 4.81. The Morgan fingerprint density at radius 3 is 2.67 bits per heavy atom. The van der Waals surface area contributed by atoms with Crippen molar-refractivity contribution in [3.05, 3.63) is 59.7 Å². The minimum absolute atomic E-state index is 0.511. The van der Waals surface area contributed by atoms with Crippen LogP contribution in [0.2, 0.25) is 0 Å². The van der Waals surface area contributed by atoms with E-state index in [1.165, 1.54) is 12.8 Å². The summed E-state index contributed by atoms with van der Waals surface area (Å²) in [7, 11) is 0. The lowest BCUT2D eigenvalue weighted by Crippen LogP contribution is -2.04. The highest BCUT2D eigenvalue weighted by atomic mass is 15.0. The average molecular weight is 276 g/mol. The molecule has 4 nitrogen and oxygen atoms in total. The summed E-state index contributed by atoms with van der Waals surface area (Å²) in [5.74, 6) is 1.96. The standard InChI is InChI=1S/C17H16N4/c18-16-10-14(20-17(21-16)12-5-6-12)9-13-8-7-11-3-1-2-4-15(11)19-13/h1-4,7-8,10,12H,5-6,9H2,(H2,18,20,21). The van der Waals surface area contributed by atoms with Gasteiger partial charge in [-0.2, -0.15) is 0 Å². The van der Waals surface area contributed by atoms with Gasteiger partial charge in [0, 0.05) is 29.5 Å². The maximum atomic E-state index is 5.90. The fourth-order valence-corrected chi connectivity index (χ4v) is 2.55. The van der Waals surface area contributed by atoms with E-state index in [1.54, 1.807) is 0 Å². The normalized spacial score (nSPS) is 14.5. The van der Waals surface area contributed by atoms with Gasteiger partial charge in [-0.25, -0.2) is 9.97 Å². The Bertz CT molecular complexity index is 809. The highest BCUT2D eigenvalue weighted by Crippen LogP contribution is 2.38. The summed E-state index contributed by atoms with van der Waals surface area (Å²) < 4.78 is 0. The molecule has 3 aromatic rings. The van der Waals surface area contributed by atoms with Gasteiger partial charge in [0.25, 0.3) is 0 Å². The van der Waals surface area contributed by atoms with Crippen LogP contribution in [-0.4, -0.2) is 15.0 Å². The third-order valence-electron chi connectivity index (χ3n) is 3.78. The van der Waals surface area contributed by atoms with Gasteiger partial charge in [0.05, 0.1) is 11.2 Å². The molecule has 1 fully saturated rings. The average Bonchev–Trinajstić information content (AvgIpc) is 3.31. The first kappa shape index (κ1) is 12.3. The fourth-order valence-electron chi connectivity index (χ4n) is 2.55. The number of nitrogens with zero attached hydrogens (tertiary/aromatic N) is 3. The molecule has 0 saturated heterocycles. The predicted octanol–water partition coefficient (Wildman–Crippen LogP) is 3.08. The smallest absolute Gasteiger partial charge is 0.134 e. The Labute approximate surface area is 123 Å². The number of hydrogen-bond donors (Lipinski definition) is 1. The summed E-state index contributed by atoms with van der Waals surface area (Å²) in [6, 6.07) is 14.1. The first-order valence-corrected chi connectivity index (χ1v) is 7.26. The molecule has 0 aliphatic heterocycles. The quantitative estimate of drug-likeness (QED) is 0.798. The minimum Gasteiger partial charge on any atom is -0.384 e. The number of rotatable bonds is 3. The number of para-hydroxylation sites is 1. The second-order valence-corrected chi connectivity index (χ2v) is 5.59. The summed E-state index contributed by atoms with van der Waals surface area (Å²) in [4.78, 5) is 13.7. The monoisotopic (exact) mass is 276 g/mol. The van der Waals surface area contributed by atoms with Gasteiger partial charge in [-0.1, -0.05) is 24.3 Å². The van der Waals surface area contributed by atoms with Crippen LogP contribution < -0.4 is 5.73 Å². The van der Waals surface area contributed by atoms with Crippen molar-refractivity contribution in [2.24, 2.45) is 0 Å². The molecule has 0 radical (unpaired) electrons. The second-order valence-electron chi connectivity index (χ2n) is 5.59. The van der Waals surface area contributed by atoms with Crippen LogP contribution in [0.4, 0.5) is 5.82 Å². The summed E-state index contributed by atoms with van der Waals surface area (Å²) in [5.41, 5.74) is 8.87. The van der Waals surface area contributed by atoms with Crippen molar-refractivity contribution < 1.29 is 0 Å². The Kier molecular flexibility index (Phi) is 2.81. The SMILES string of the molecule is Nc1cc(Cc2ccc3ccccc3n2)nc(C2CC2)n1. The lowest BCUT2D eigenvalue weighted by molar-refractivity contribution is 0.886. The van der Waals surface area contributed by atoms with Crippen molar-refractivity contribution in [2.75, 3.05) is 5.73 Å². The molecule has 0 bridgehead atoms. The third-order valence-corrected chi connectivity index (χ3v) is 3.78. The number of nitrogen functional groups attached to an aromatic ring is 1. The number of hydrogen-bond acceptors (Lipinski definition) is 4. The van der Waals surface area contributed by atoms with Gasteiger partial charge in [0.15, 0.2) is 0 Å². The van der Waals surface area contributed by atoms with Crippen LogP contribution in [0.1, 0.15) is 36.0 Å². The number of benzene rings is 1. The van der Waals surface area contributed by atoms with Gasteiger partial charge in [0.2, 0.25) is 0 Å². The molecule has 0 spiro atoms. The molecule has 1 aromatic carbocycles. The molecular weight excluding hydrogens is 260 g/mol. The van der Waals surface area contributed by atoms with Gasteiger partial charge in [0.1, 0.15) is 11.6 Å². The topological polar surface area (TPSA) is 64.7 Å². The predicted molar refractivity (Wildman–Crippen MR) is 83.0 cm³/mol. The van der Waals surface area contributed by atoms with Crippen LogP contribution in [0.25, 0.3) is 10.9 Å². The molecule has 4 heteroatoms. The molecule has 1 aliphatic rings. The molecule has 0 amide bonds. The van der Waals surface area contributed by atoms with Crippen molar-refractivity contribution in [2.45, 2.75) is 25.2 Å². The lowest BCUT2D eigenvalue weighted by atomic mass is 10.1. The van der Waals surface area contributed by atoms with Crippen LogP contribution in [0.15, 0.2) is 42.5 Å². The van der Waals surface area contributed by atoms with Gasteiger partial charge in [-0.3, -0.25) is 4.98 Å². The molecule has 4 rings (SSSR count). The van der Waals surface area contributed by atoms with Gasteiger partial charge in [-0.15, -0.1) is 0 Å². The Balaban J connectivity index is 1.67. The van der Waals surface area contributed by atoms with E-state index in [-0.39, 0.29) is 0 Å². The molecule has 2 heterocycles. The number of fused-ring (bicyclic) bond motifs is 1. The van der Waals surface area contributed by atoms with Crippen molar-refractivity contribution in [3.63, 3.8) is 0 Å². The van der Waals surface area contributed by atoms with Crippen LogP contribution in [0, 0.1) is 0 Å². The molecule has 0 unspecified atom stereocenters. The van der Waals surface area contributed by atoms with Crippen molar-refractivity contribution in [1.82, 2.24) is 15.0 Å². The van der Waals surface area contributed by atoms with Gasteiger partial charge < -0.3 is 5.73 Å². The van der Waals surface area contributed by atoms with E-state index < -0.39 is 0 Å². The first-order valence-electron chi connectivity index (χ1n) is 7.26. The molecule has 2 aromatic heterocycles. The van der Waals surface area contributed by atoms with E-state index in [0.717, 1.165) is 28.1 Å². The van der Waals surface area contributed by atoms with E-state index in [9.17, 15) is 0 Å². The number of nitrogens with two attached hydrogens (primary N) is 1. The largest absolute Gasteiger partial charge is 0.384 e. The zero-order chi connectivity index (χ0) is 14.2. The Morgan fingerprint density at radius 2 is 1.81 bits per heavy atom. The van der Waals surface area contributed by atoms with E-state index in [1.807, 2.05) is 24.3 Å². The maximum Gasteiger partial charge on any atom is 0.134 e. The zero-order valence-corrected chi connectivity index (χ0v) is 11.7. The van der Waals surface area contributed by atoms with Gasteiger partial charge in [-0.05, 0) is 25.0 Å². The van der Waals surface area contributed by atoms with E-state index >= 15 is 0 Å². The number of anilines is 1. The molecule has 0 atom stereocenters. The molecule has 21 heavy (non-hydrogen) atoms. The highest BCUT2D eigenvalue weighted by Gasteiger charge is 2.27. The van der Waals surface area contributed by atoms with Crippen LogP contribution in [-0.2, 0) is 6.42 Å². The van der Waals surface area contributed by atoms with Crippen LogP contribution in [0.5, 0.6) is 0 Å². The van der Waals surface area contributed by atoms with Gasteiger partial charge >= 0.3 is 0 Å². The van der Waals surface area contributed by atoms with E-state index in [0.29, 0.717) is 18.2 Å². The summed E-state index contributed by atoms with van der Waals surface area (Å²) in [6.45, 7) is 0. The van der Waals surface area contributed by atoms with E-state index in [2.05, 4.69) is 33.2 Å². The first-order chi connectivity index (χ1) is 10.3. The lowest BCUT2D eigenvalue weighted by Gasteiger charge is -2.06. The van der Waals surface area contributed by atoms with Crippen molar-refractivity contribution in [1.29, 1.82) is 0 Å². The van der Waals surface area contributed by atoms with E-state index in [4.69, 9.17) is 5.73 Å².